The molecule has 0 bridgehead atoms. The van der Waals surface area contributed by atoms with E-state index in [0.29, 0.717) is 23.0 Å². The van der Waals surface area contributed by atoms with E-state index in [1.165, 1.54) is 51.4 Å². The number of allylic oxidation sites excluding steroid dienone is 1. The van der Waals surface area contributed by atoms with Crippen molar-refractivity contribution >= 4 is 6.09 Å². The summed E-state index contributed by atoms with van der Waals surface area (Å²) in [7, 11) is 4.14. The van der Waals surface area contributed by atoms with Gasteiger partial charge in [0.2, 0.25) is 0 Å². The Morgan fingerprint density at radius 3 is 2.56 bits per heavy atom. The number of carbonyl (C=O) groups excluding carboxylic acids is 1. The molecule has 5 nitrogen and oxygen atoms in total. The molecule has 224 valence electrons. The molecule has 4 rings (SSSR count). The third-order valence-corrected chi connectivity index (χ3v) is 12.2. The van der Waals surface area contributed by atoms with Gasteiger partial charge in [-0.2, -0.15) is 0 Å². The first-order valence-corrected chi connectivity index (χ1v) is 16.5. The summed E-state index contributed by atoms with van der Waals surface area (Å²) in [6.45, 7) is 14.7. The monoisotopic (exact) mass is 545 g/mol. The fourth-order valence-electron chi connectivity index (χ4n) is 9.79. The minimum atomic E-state index is -0.283. The van der Waals surface area contributed by atoms with Crippen LogP contribution >= 0.6 is 0 Å². The van der Waals surface area contributed by atoms with E-state index in [4.69, 9.17) is 4.74 Å². The fraction of sp³-hybridized carbons (Fsp3) is 0.912. The summed E-state index contributed by atoms with van der Waals surface area (Å²) in [6, 6.07) is 0. The summed E-state index contributed by atoms with van der Waals surface area (Å²) >= 11 is 0. The van der Waals surface area contributed by atoms with Gasteiger partial charge in [-0.3, -0.25) is 0 Å². The quantitative estimate of drug-likeness (QED) is 0.213. The Labute approximate surface area is 240 Å². The number of nitrogens with zero attached hydrogens (tertiary/aromatic N) is 1. The Hall–Kier alpha value is -1.07. The van der Waals surface area contributed by atoms with Gasteiger partial charge in [0.05, 0.1) is 33.8 Å². The Morgan fingerprint density at radius 1 is 1.08 bits per heavy atom. The smallest absolute Gasteiger partial charge is 0.407 e. The molecule has 0 heterocycles. The largest absolute Gasteiger partial charge is 0.446 e. The second-order valence-electron chi connectivity index (χ2n) is 15.6. The van der Waals surface area contributed by atoms with Crippen LogP contribution in [0.5, 0.6) is 0 Å². The molecule has 0 aromatic carbocycles. The molecule has 0 aliphatic heterocycles. The third-order valence-electron chi connectivity index (χ3n) is 12.2. The first-order valence-electron chi connectivity index (χ1n) is 16.5. The minimum Gasteiger partial charge on any atom is -0.446 e. The highest BCUT2D eigenvalue weighted by Crippen LogP contribution is 2.67. The number of amides is 1. The maximum Gasteiger partial charge on any atom is 0.407 e. The maximum absolute atomic E-state index is 12.6. The van der Waals surface area contributed by atoms with Gasteiger partial charge in [-0.05, 0) is 91.3 Å². The van der Waals surface area contributed by atoms with Crippen LogP contribution in [0.25, 0.3) is 0 Å². The standard InChI is InChI=1S/C34H60N2O3/c1-24(2)9-8-10-25(3)29-13-14-30-28-12-11-26-23-27(39-32(38)35-19-20-36(6,7)21-22-37)15-17-33(26,4)31(28)16-18-34(29,30)5/h11,24-25,27-31,37H,8-10,12-23H2,1-7H3/p+1/t25-,27?,28+,29-,30+,31+,33+,34-/m1/s1. The zero-order chi connectivity index (χ0) is 28.4. The molecule has 0 spiro atoms. The molecule has 4 aliphatic carbocycles. The van der Waals surface area contributed by atoms with E-state index in [1.807, 2.05) is 0 Å². The van der Waals surface area contributed by atoms with Crippen LogP contribution in [0.1, 0.15) is 105 Å². The number of rotatable bonds is 11. The van der Waals surface area contributed by atoms with Gasteiger partial charge in [0.1, 0.15) is 12.6 Å². The number of ether oxygens (including phenoxy) is 1. The number of aliphatic hydroxyl groups is 1. The van der Waals surface area contributed by atoms with Gasteiger partial charge in [0.15, 0.2) is 0 Å². The lowest BCUT2D eigenvalue weighted by molar-refractivity contribution is -0.889. The van der Waals surface area contributed by atoms with Crippen LogP contribution in [-0.2, 0) is 4.74 Å². The molecule has 3 fully saturated rings. The molecular weight excluding hydrogens is 484 g/mol. The topological polar surface area (TPSA) is 58.6 Å². The van der Waals surface area contributed by atoms with Gasteiger partial charge in [0.25, 0.3) is 0 Å². The highest BCUT2D eigenvalue weighted by molar-refractivity contribution is 5.67. The molecule has 0 aromatic heterocycles. The lowest BCUT2D eigenvalue weighted by Gasteiger charge is -2.58. The van der Waals surface area contributed by atoms with Crippen molar-refractivity contribution < 1.29 is 19.1 Å². The highest BCUT2D eigenvalue weighted by atomic mass is 16.6. The van der Waals surface area contributed by atoms with Gasteiger partial charge in [-0.25, -0.2) is 4.79 Å². The van der Waals surface area contributed by atoms with Crippen LogP contribution < -0.4 is 5.32 Å². The van der Waals surface area contributed by atoms with Gasteiger partial charge in [-0.15, -0.1) is 0 Å². The number of nitrogens with one attached hydrogen (secondary N) is 1. The molecule has 0 aromatic rings. The Kier molecular flexibility index (Phi) is 9.84. The molecule has 39 heavy (non-hydrogen) atoms. The number of carbonyl (C=O) groups is 1. The molecular formula is C34H61N2O3+. The Morgan fingerprint density at radius 2 is 1.85 bits per heavy atom. The normalized spacial score (nSPS) is 36.9. The zero-order valence-corrected chi connectivity index (χ0v) is 26.4. The van der Waals surface area contributed by atoms with E-state index in [-0.39, 0.29) is 24.2 Å². The molecule has 5 heteroatoms. The summed E-state index contributed by atoms with van der Waals surface area (Å²) in [4.78, 5) is 12.6. The minimum absolute atomic E-state index is 0.00257. The van der Waals surface area contributed by atoms with Crippen molar-refractivity contribution in [2.24, 2.45) is 46.3 Å². The molecule has 4 aliphatic rings. The summed E-state index contributed by atoms with van der Waals surface area (Å²) in [5.74, 6) is 5.12. The molecule has 2 N–H and O–H groups in total. The van der Waals surface area contributed by atoms with Crippen LogP contribution in [0.3, 0.4) is 0 Å². The molecule has 8 atom stereocenters. The van der Waals surface area contributed by atoms with Gasteiger partial charge < -0.3 is 19.6 Å². The second kappa shape index (κ2) is 12.4. The predicted octanol–water partition coefficient (Wildman–Crippen LogP) is 7.19. The van der Waals surface area contributed by atoms with E-state index in [9.17, 15) is 9.90 Å². The fourth-order valence-corrected chi connectivity index (χ4v) is 9.79. The predicted molar refractivity (Wildman–Crippen MR) is 160 cm³/mol. The number of alkyl carbamates (subject to hydrolysis) is 1. The lowest BCUT2D eigenvalue weighted by Crippen LogP contribution is -2.51. The molecule has 1 amide bonds. The highest BCUT2D eigenvalue weighted by Gasteiger charge is 2.59. The SMILES string of the molecule is CC(C)CCC[C@@H](C)[C@H]1CC[C@H]2[C@@H]3CC=C4CC(OC(=O)NCC[N+](C)(C)CCO)CC[C@]4(C)[C@H]3CC[C@]12C. The second-order valence-corrected chi connectivity index (χ2v) is 15.6. The van der Waals surface area contributed by atoms with E-state index in [1.54, 1.807) is 5.57 Å². The van der Waals surface area contributed by atoms with Crippen molar-refractivity contribution in [3.63, 3.8) is 0 Å². The van der Waals surface area contributed by atoms with E-state index in [0.717, 1.165) is 61.3 Å². The lowest BCUT2D eigenvalue weighted by atomic mass is 9.47. The van der Waals surface area contributed by atoms with Crippen LogP contribution in [0.2, 0.25) is 0 Å². The number of aliphatic hydroxyl groups excluding tert-OH is 1. The average Bonchev–Trinajstić information content (AvgIpc) is 3.21. The third kappa shape index (κ3) is 6.71. The molecule has 0 radical (unpaired) electrons. The van der Waals surface area contributed by atoms with E-state index in [2.05, 4.69) is 60.1 Å². The maximum atomic E-state index is 12.6. The summed E-state index contributed by atoms with van der Waals surface area (Å²) in [5.41, 5.74) is 2.39. The number of likely N-dealkylation sites (N-methyl/N-ethyl adjacent to an activating group) is 1. The molecule has 3 saturated carbocycles. The van der Waals surface area contributed by atoms with Crippen molar-refractivity contribution in [2.45, 2.75) is 111 Å². The van der Waals surface area contributed by atoms with Gasteiger partial charge in [-0.1, -0.05) is 65.5 Å². The van der Waals surface area contributed by atoms with Crippen molar-refractivity contribution in [3.05, 3.63) is 11.6 Å². The Bertz CT molecular complexity index is 869. The van der Waals surface area contributed by atoms with Crippen LogP contribution in [0.15, 0.2) is 11.6 Å². The summed E-state index contributed by atoms with van der Waals surface area (Å²) in [6.07, 6.45) is 16.5. The van der Waals surface area contributed by atoms with E-state index >= 15 is 0 Å². The van der Waals surface area contributed by atoms with Crippen molar-refractivity contribution in [1.29, 1.82) is 0 Å². The van der Waals surface area contributed by atoms with E-state index < -0.39 is 0 Å². The van der Waals surface area contributed by atoms with Gasteiger partial charge in [0, 0.05) is 6.42 Å². The summed E-state index contributed by atoms with van der Waals surface area (Å²) in [5, 5.41) is 12.2. The first-order chi connectivity index (χ1) is 18.4. The summed E-state index contributed by atoms with van der Waals surface area (Å²) < 4.78 is 6.61. The Balaban J connectivity index is 1.33. The number of fused-ring (bicyclic) bond motifs is 5. The average molecular weight is 546 g/mol. The molecule has 0 saturated heterocycles. The van der Waals surface area contributed by atoms with Gasteiger partial charge >= 0.3 is 6.09 Å². The number of quaternary nitrogens is 1. The first kappa shape index (κ1) is 30.9. The van der Waals surface area contributed by atoms with Crippen LogP contribution in [-0.4, -0.2) is 62.1 Å². The van der Waals surface area contributed by atoms with Crippen molar-refractivity contribution in [1.82, 2.24) is 5.32 Å². The van der Waals surface area contributed by atoms with Crippen molar-refractivity contribution in [2.75, 3.05) is 40.3 Å². The number of hydrogen-bond acceptors (Lipinski definition) is 3. The molecule has 1 unspecified atom stereocenters. The number of hydrogen-bond donors (Lipinski definition) is 2. The van der Waals surface area contributed by atoms with Crippen LogP contribution in [0, 0.1) is 46.3 Å². The van der Waals surface area contributed by atoms with Crippen LogP contribution in [0.4, 0.5) is 4.79 Å². The zero-order valence-electron chi connectivity index (χ0n) is 26.4. The van der Waals surface area contributed by atoms with Crippen molar-refractivity contribution in [3.8, 4) is 0 Å².